The third kappa shape index (κ3) is 3.22. The van der Waals surface area contributed by atoms with Crippen LogP contribution in [0, 0.1) is 20.8 Å². The van der Waals surface area contributed by atoms with Crippen molar-refractivity contribution in [1.82, 2.24) is 4.98 Å². The number of carbonyl (C=O) groups excluding carboxylic acids is 1. The topological polar surface area (TPSA) is 55.1 Å². The molecule has 0 fully saturated rings. The predicted octanol–water partition coefficient (Wildman–Crippen LogP) is 5.67. The second kappa shape index (κ2) is 6.72. The Bertz CT molecular complexity index is 1160. The van der Waals surface area contributed by atoms with Crippen LogP contribution in [0.1, 0.15) is 27.0 Å². The van der Waals surface area contributed by atoms with Crippen LogP contribution < -0.4 is 5.32 Å². The van der Waals surface area contributed by atoms with E-state index in [-0.39, 0.29) is 5.91 Å². The first-order valence-electron chi connectivity index (χ1n) is 8.87. The molecule has 0 aliphatic carbocycles. The molecule has 4 nitrogen and oxygen atoms in total. The summed E-state index contributed by atoms with van der Waals surface area (Å²) in [7, 11) is 0. The zero-order chi connectivity index (χ0) is 19.0. The van der Waals surface area contributed by atoms with Crippen molar-refractivity contribution in [3.8, 4) is 11.5 Å². The highest BCUT2D eigenvalue weighted by atomic mass is 16.3. The molecule has 1 amide bonds. The molecule has 1 heterocycles. The van der Waals surface area contributed by atoms with Crippen molar-refractivity contribution in [2.75, 3.05) is 5.32 Å². The molecule has 134 valence electrons. The number of fused-ring (bicyclic) bond motifs is 1. The van der Waals surface area contributed by atoms with Crippen LogP contribution in [0.25, 0.3) is 22.6 Å². The number of hydrogen-bond donors (Lipinski definition) is 1. The molecule has 0 saturated heterocycles. The van der Waals surface area contributed by atoms with Crippen molar-refractivity contribution in [1.29, 1.82) is 0 Å². The summed E-state index contributed by atoms with van der Waals surface area (Å²) < 4.78 is 5.96. The summed E-state index contributed by atoms with van der Waals surface area (Å²) in [6, 6.07) is 19.2. The molecule has 0 radical (unpaired) electrons. The zero-order valence-electron chi connectivity index (χ0n) is 15.5. The first-order valence-corrected chi connectivity index (χ1v) is 8.87. The molecule has 4 rings (SSSR count). The molecule has 1 N–H and O–H groups in total. The maximum atomic E-state index is 12.7. The average molecular weight is 356 g/mol. The molecular weight excluding hydrogens is 336 g/mol. The summed E-state index contributed by atoms with van der Waals surface area (Å²) in [6.07, 6.45) is 0. The van der Waals surface area contributed by atoms with Crippen LogP contribution in [0.3, 0.4) is 0 Å². The van der Waals surface area contributed by atoms with Crippen LogP contribution in [0.4, 0.5) is 5.69 Å². The minimum absolute atomic E-state index is 0.124. The number of rotatable bonds is 3. The Labute approximate surface area is 157 Å². The van der Waals surface area contributed by atoms with Gasteiger partial charge in [0.25, 0.3) is 5.91 Å². The van der Waals surface area contributed by atoms with E-state index < -0.39 is 0 Å². The van der Waals surface area contributed by atoms with Crippen LogP contribution in [0.5, 0.6) is 0 Å². The predicted molar refractivity (Wildman–Crippen MR) is 108 cm³/mol. The van der Waals surface area contributed by atoms with E-state index in [4.69, 9.17) is 4.42 Å². The molecular formula is C23H20N2O2. The van der Waals surface area contributed by atoms with Gasteiger partial charge in [-0.05, 0) is 67.8 Å². The summed E-state index contributed by atoms with van der Waals surface area (Å²) in [5.41, 5.74) is 6.86. The fourth-order valence-corrected chi connectivity index (χ4v) is 3.17. The summed E-state index contributed by atoms with van der Waals surface area (Å²) >= 11 is 0. The van der Waals surface area contributed by atoms with Gasteiger partial charge in [0.05, 0.1) is 0 Å². The van der Waals surface area contributed by atoms with Gasteiger partial charge in [-0.25, -0.2) is 4.98 Å². The van der Waals surface area contributed by atoms with Gasteiger partial charge in [0.15, 0.2) is 5.58 Å². The number of nitrogens with zero attached hydrogens (tertiary/aromatic N) is 1. The van der Waals surface area contributed by atoms with Gasteiger partial charge in [0.1, 0.15) is 5.52 Å². The van der Waals surface area contributed by atoms with E-state index in [1.807, 2.05) is 81.4 Å². The summed E-state index contributed by atoms with van der Waals surface area (Å²) in [5.74, 6) is 0.432. The van der Waals surface area contributed by atoms with E-state index in [1.165, 1.54) is 0 Å². The Hall–Kier alpha value is -3.40. The molecule has 0 bridgehead atoms. The van der Waals surface area contributed by atoms with Crippen LogP contribution in [-0.2, 0) is 0 Å². The zero-order valence-corrected chi connectivity index (χ0v) is 15.5. The summed E-state index contributed by atoms with van der Waals surface area (Å²) in [4.78, 5) is 17.3. The maximum Gasteiger partial charge on any atom is 0.255 e. The molecule has 0 spiro atoms. The molecule has 0 atom stereocenters. The van der Waals surface area contributed by atoms with Crippen LogP contribution in [-0.4, -0.2) is 10.9 Å². The Kier molecular flexibility index (Phi) is 4.24. The third-order valence-corrected chi connectivity index (χ3v) is 4.75. The van der Waals surface area contributed by atoms with Crippen molar-refractivity contribution in [2.24, 2.45) is 0 Å². The Morgan fingerprint density at radius 1 is 0.963 bits per heavy atom. The number of oxazole rings is 1. The monoisotopic (exact) mass is 356 g/mol. The van der Waals surface area contributed by atoms with Crippen molar-refractivity contribution in [3.63, 3.8) is 0 Å². The Morgan fingerprint density at radius 3 is 2.59 bits per heavy atom. The minimum atomic E-state index is -0.124. The molecule has 3 aromatic carbocycles. The van der Waals surface area contributed by atoms with Gasteiger partial charge < -0.3 is 9.73 Å². The van der Waals surface area contributed by atoms with Gasteiger partial charge in [0, 0.05) is 16.8 Å². The number of aryl methyl sites for hydroxylation is 2. The SMILES string of the molecule is Cc1ccc2nc(-c3cccc(NC(=O)c4ccccc4C)c3C)oc2c1. The lowest BCUT2D eigenvalue weighted by molar-refractivity contribution is 0.102. The average Bonchev–Trinajstić information content (AvgIpc) is 3.06. The first kappa shape index (κ1) is 17.0. The van der Waals surface area contributed by atoms with Gasteiger partial charge in [-0.3, -0.25) is 4.79 Å². The standard InChI is InChI=1S/C23H20N2O2/c1-14-11-12-20-21(13-14)27-23(25-20)18-9-6-10-19(16(18)3)24-22(26)17-8-5-4-7-15(17)2/h4-13H,1-3H3,(H,24,26). The summed E-state index contributed by atoms with van der Waals surface area (Å²) in [5, 5.41) is 3.01. The van der Waals surface area contributed by atoms with E-state index >= 15 is 0 Å². The smallest absolute Gasteiger partial charge is 0.255 e. The van der Waals surface area contributed by atoms with Crippen molar-refractivity contribution in [2.45, 2.75) is 20.8 Å². The van der Waals surface area contributed by atoms with Crippen LogP contribution in [0.15, 0.2) is 65.1 Å². The van der Waals surface area contributed by atoms with Gasteiger partial charge in [0.2, 0.25) is 5.89 Å². The molecule has 1 aromatic heterocycles. The van der Waals surface area contributed by atoms with Crippen molar-refractivity contribution < 1.29 is 9.21 Å². The first-order chi connectivity index (χ1) is 13.0. The Morgan fingerprint density at radius 2 is 1.78 bits per heavy atom. The quantitative estimate of drug-likeness (QED) is 0.514. The number of hydrogen-bond acceptors (Lipinski definition) is 3. The van der Waals surface area contributed by atoms with Gasteiger partial charge in [-0.2, -0.15) is 0 Å². The molecule has 0 aliphatic rings. The van der Waals surface area contributed by atoms with Crippen LogP contribution >= 0.6 is 0 Å². The number of anilines is 1. The fraction of sp³-hybridized carbons (Fsp3) is 0.130. The lowest BCUT2D eigenvalue weighted by Gasteiger charge is -2.12. The third-order valence-electron chi connectivity index (χ3n) is 4.75. The lowest BCUT2D eigenvalue weighted by Crippen LogP contribution is -2.14. The molecule has 0 aliphatic heterocycles. The van der Waals surface area contributed by atoms with Crippen molar-refractivity contribution in [3.05, 3.63) is 82.9 Å². The molecule has 0 unspecified atom stereocenters. The van der Waals surface area contributed by atoms with Gasteiger partial charge in [-0.15, -0.1) is 0 Å². The molecule has 0 saturated carbocycles. The maximum absolute atomic E-state index is 12.7. The number of amides is 1. The minimum Gasteiger partial charge on any atom is -0.436 e. The molecule has 4 heteroatoms. The highest BCUT2D eigenvalue weighted by Crippen LogP contribution is 2.31. The van der Waals surface area contributed by atoms with Gasteiger partial charge >= 0.3 is 0 Å². The number of nitrogens with one attached hydrogen (secondary N) is 1. The highest BCUT2D eigenvalue weighted by molar-refractivity contribution is 6.06. The fourth-order valence-electron chi connectivity index (χ4n) is 3.17. The van der Waals surface area contributed by atoms with E-state index in [9.17, 15) is 4.79 Å². The number of aromatic nitrogens is 1. The number of carbonyl (C=O) groups is 1. The Balaban J connectivity index is 1.70. The lowest BCUT2D eigenvalue weighted by atomic mass is 10.1. The van der Waals surface area contributed by atoms with E-state index in [0.29, 0.717) is 11.5 Å². The molecule has 4 aromatic rings. The van der Waals surface area contributed by atoms with Crippen molar-refractivity contribution >= 4 is 22.7 Å². The second-order valence-electron chi connectivity index (χ2n) is 6.74. The van der Waals surface area contributed by atoms with E-state index in [0.717, 1.165) is 39.0 Å². The normalized spacial score (nSPS) is 10.9. The van der Waals surface area contributed by atoms with Gasteiger partial charge in [-0.1, -0.05) is 30.3 Å². The second-order valence-corrected chi connectivity index (χ2v) is 6.74. The van der Waals surface area contributed by atoms with E-state index in [2.05, 4.69) is 10.3 Å². The largest absolute Gasteiger partial charge is 0.436 e. The highest BCUT2D eigenvalue weighted by Gasteiger charge is 2.15. The summed E-state index contributed by atoms with van der Waals surface area (Å²) in [6.45, 7) is 5.91. The van der Waals surface area contributed by atoms with Crippen LogP contribution in [0.2, 0.25) is 0 Å². The van der Waals surface area contributed by atoms with E-state index in [1.54, 1.807) is 0 Å². The molecule has 27 heavy (non-hydrogen) atoms. The number of benzene rings is 3.